The lowest BCUT2D eigenvalue weighted by molar-refractivity contribution is -0.118. The number of fused-ring (bicyclic) bond motifs is 1. The number of rotatable bonds is 7. The van der Waals surface area contributed by atoms with Crippen LogP contribution in [-0.4, -0.2) is 44.7 Å². The van der Waals surface area contributed by atoms with E-state index in [1.54, 1.807) is 25.3 Å². The van der Waals surface area contributed by atoms with Crippen molar-refractivity contribution in [2.24, 2.45) is 7.05 Å². The van der Waals surface area contributed by atoms with Gasteiger partial charge in [-0.3, -0.25) is 18.7 Å². The normalized spacial score (nSPS) is 12.7. The SMILES string of the molecule is Cc1cc(Cn2c(=O)c3c(ncn3[C@@H](C)C(=O)Nc3csc(-c4cnc(C(C)(F)F)nc4)n3)n(C)c2=O)no1. The van der Waals surface area contributed by atoms with Crippen LogP contribution in [0.5, 0.6) is 0 Å². The van der Waals surface area contributed by atoms with Crippen molar-refractivity contribution in [3.63, 3.8) is 0 Å². The summed E-state index contributed by atoms with van der Waals surface area (Å²) in [7, 11) is 1.48. The lowest BCUT2D eigenvalue weighted by Gasteiger charge is -2.14. The van der Waals surface area contributed by atoms with Gasteiger partial charge in [0.05, 0.1) is 12.9 Å². The van der Waals surface area contributed by atoms with Crippen LogP contribution >= 0.6 is 11.3 Å². The Labute approximate surface area is 221 Å². The first-order valence-corrected chi connectivity index (χ1v) is 12.4. The molecule has 0 fully saturated rings. The third-order valence-corrected chi connectivity index (χ3v) is 6.79. The molecule has 202 valence electrons. The van der Waals surface area contributed by atoms with Crippen LogP contribution in [0.25, 0.3) is 21.7 Å². The lowest BCUT2D eigenvalue weighted by Crippen LogP contribution is -2.40. The zero-order valence-corrected chi connectivity index (χ0v) is 21.9. The van der Waals surface area contributed by atoms with E-state index >= 15 is 0 Å². The van der Waals surface area contributed by atoms with Gasteiger partial charge in [0.2, 0.25) is 5.91 Å². The van der Waals surface area contributed by atoms with Gasteiger partial charge in [0.1, 0.15) is 28.3 Å². The Morgan fingerprint density at radius 1 is 1.23 bits per heavy atom. The van der Waals surface area contributed by atoms with Crippen molar-refractivity contribution in [3.05, 3.63) is 68.3 Å². The molecule has 0 bridgehead atoms. The van der Waals surface area contributed by atoms with E-state index in [-0.39, 0.29) is 23.5 Å². The van der Waals surface area contributed by atoms with Crippen LogP contribution in [0.15, 0.2) is 44.3 Å². The van der Waals surface area contributed by atoms with Crippen LogP contribution < -0.4 is 16.6 Å². The van der Waals surface area contributed by atoms with Crippen molar-refractivity contribution in [1.29, 1.82) is 0 Å². The average molecular weight is 558 g/mol. The van der Waals surface area contributed by atoms with Crippen LogP contribution in [0.2, 0.25) is 0 Å². The summed E-state index contributed by atoms with van der Waals surface area (Å²) in [5.41, 5.74) is -0.247. The third-order valence-electron chi connectivity index (χ3n) is 5.90. The molecule has 5 aromatic heterocycles. The van der Waals surface area contributed by atoms with Crippen molar-refractivity contribution >= 4 is 34.2 Å². The number of aromatic nitrogens is 8. The Morgan fingerprint density at radius 2 is 1.95 bits per heavy atom. The minimum Gasteiger partial charge on any atom is -0.361 e. The number of thiazole rings is 1. The van der Waals surface area contributed by atoms with Gasteiger partial charge in [-0.25, -0.2) is 24.7 Å². The van der Waals surface area contributed by atoms with E-state index in [1.807, 2.05) is 0 Å². The summed E-state index contributed by atoms with van der Waals surface area (Å²) < 4.78 is 35.4. The van der Waals surface area contributed by atoms with Crippen molar-refractivity contribution in [2.75, 3.05) is 5.32 Å². The number of anilines is 1. The Morgan fingerprint density at radius 3 is 2.59 bits per heavy atom. The Kier molecular flexibility index (Phi) is 6.41. The summed E-state index contributed by atoms with van der Waals surface area (Å²) in [6.45, 7) is 3.85. The maximum absolute atomic E-state index is 13.4. The first-order chi connectivity index (χ1) is 18.4. The number of nitrogens with zero attached hydrogens (tertiary/aromatic N) is 8. The number of nitrogens with one attached hydrogen (secondary N) is 1. The maximum atomic E-state index is 13.4. The highest BCUT2D eigenvalue weighted by atomic mass is 32.1. The summed E-state index contributed by atoms with van der Waals surface area (Å²) in [5, 5.41) is 8.51. The number of alkyl halides is 2. The summed E-state index contributed by atoms with van der Waals surface area (Å²) in [5.74, 6) is -3.53. The lowest BCUT2D eigenvalue weighted by atomic mass is 10.3. The first kappa shape index (κ1) is 26.0. The summed E-state index contributed by atoms with van der Waals surface area (Å²) in [6, 6.07) is 0.702. The fourth-order valence-electron chi connectivity index (χ4n) is 3.86. The number of carbonyl (C=O) groups excluding carboxylic acids is 1. The van der Waals surface area contributed by atoms with E-state index in [1.165, 1.54) is 34.9 Å². The highest BCUT2D eigenvalue weighted by molar-refractivity contribution is 7.13. The molecule has 39 heavy (non-hydrogen) atoms. The van der Waals surface area contributed by atoms with Crippen molar-refractivity contribution < 1.29 is 18.1 Å². The molecular formula is C23H21F2N9O4S. The van der Waals surface area contributed by atoms with E-state index < -0.39 is 34.9 Å². The summed E-state index contributed by atoms with van der Waals surface area (Å²) >= 11 is 1.16. The summed E-state index contributed by atoms with van der Waals surface area (Å²) in [6.07, 6.45) is 3.79. The number of imidazole rings is 1. The zero-order valence-electron chi connectivity index (χ0n) is 21.0. The number of hydrogen-bond acceptors (Lipinski definition) is 10. The van der Waals surface area contributed by atoms with Gasteiger partial charge in [-0.05, 0) is 13.8 Å². The second kappa shape index (κ2) is 9.61. The largest absolute Gasteiger partial charge is 0.361 e. The highest BCUT2D eigenvalue weighted by Gasteiger charge is 2.28. The molecule has 5 heterocycles. The minimum atomic E-state index is -3.17. The Bertz CT molecular complexity index is 1810. The fourth-order valence-corrected chi connectivity index (χ4v) is 4.59. The molecule has 13 nitrogen and oxygen atoms in total. The molecule has 16 heteroatoms. The van der Waals surface area contributed by atoms with E-state index in [9.17, 15) is 23.2 Å². The van der Waals surface area contributed by atoms with E-state index in [0.29, 0.717) is 28.9 Å². The predicted molar refractivity (Wildman–Crippen MR) is 136 cm³/mol. The quantitative estimate of drug-likeness (QED) is 0.318. The standard InChI is InChI=1S/C23H21F2N9O4S/c1-11-5-14(31-38-11)8-33-20(36)16-17(32(4)22(33)37)28-10-34(16)12(2)18(35)29-15-9-39-19(30-15)13-6-26-21(27-7-13)23(3,24)25/h5-7,9-10,12H,8H2,1-4H3,(H,29,35)/t12-/m0/s1. The van der Waals surface area contributed by atoms with Gasteiger partial charge < -0.3 is 14.4 Å². The molecule has 0 saturated heterocycles. The van der Waals surface area contributed by atoms with E-state index in [4.69, 9.17) is 4.52 Å². The molecule has 0 unspecified atom stereocenters. The topological polar surface area (TPSA) is 156 Å². The molecule has 1 N–H and O–H groups in total. The van der Waals surface area contributed by atoms with Crippen LogP contribution in [0.1, 0.15) is 37.2 Å². The fraction of sp³-hybridized carbons (Fsp3) is 0.304. The number of halogens is 2. The summed E-state index contributed by atoms with van der Waals surface area (Å²) in [4.78, 5) is 55.2. The molecule has 0 aliphatic carbocycles. The molecule has 0 aliphatic heterocycles. The molecule has 0 radical (unpaired) electrons. The van der Waals surface area contributed by atoms with Crippen molar-refractivity contribution in [1.82, 2.24) is 38.8 Å². The molecule has 0 spiro atoms. The second-order valence-corrected chi connectivity index (χ2v) is 9.73. The number of carbonyl (C=O) groups is 1. The van der Waals surface area contributed by atoms with Crippen molar-refractivity contribution in [3.8, 4) is 10.6 Å². The molecule has 1 amide bonds. The molecule has 5 aromatic rings. The van der Waals surface area contributed by atoms with Crippen LogP contribution in [0.3, 0.4) is 0 Å². The van der Waals surface area contributed by atoms with Gasteiger partial charge in [-0.1, -0.05) is 5.16 Å². The van der Waals surface area contributed by atoms with E-state index in [2.05, 4.69) is 30.4 Å². The molecule has 5 rings (SSSR count). The van der Waals surface area contributed by atoms with Crippen molar-refractivity contribution in [2.45, 2.75) is 39.3 Å². The average Bonchev–Trinajstić information content (AvgIpc) is 3.64. The molecule has 0 saturated carbocycles. The molecule has 0 aliphatic rings. The Hall–Kier alpha value is -4.60. The van der Waals surface area contributed by atoms with Crippen LogP contribution in [0, 0.1) is 6.92 Å². The third kappa shape index (κ3) is 4.85. The molecule has 0 aromatic carbocycles. The van der Waals surface area contributed by atoms with Gasteiger partial charge >= 0.3 is 11.6 Å². The van der Waals surface area contributed by atoms with Gasteiger partial charge in [-0.2, -0.15) is 8.78 Å². The molecular weight excluding hydrogens is 536 g/mol. The number of aryl methyl sites for hydroxylation is 2. The second-order valence-electron chi connectivity index (χ2n) is 8.87. The van der Waals surface area contributed by atoms with Gasteiger partial charge in [0.25, 0.3) is 5.56 Å². The number of hydrogen-bond donors (Lipinski definition) is 1. The monoisotopic (exact) mass is 557 g/mol. The van der Waals surface area contributed by atoms with Gasteiger partial charge in [-0.15, -0.1) is 11.3 Å². The highest BCUT2D eigenvalue weighted by Crippen LogP contribution is 2.28. The minimum absolute atomic E-state index is 0.0592. The smallest absolute Gasteiger partial charge is 0.332 e. The first-order valence-electron chi connectivity index (χ1n) is 11.5. The van der Waals surface area contributed by atoms with Gasteiger partial charge in [0.15, 0.2) is 17.0 Å². The maximum Gasteiger partial charge on any atom is 0.332 e. The van der Waals surface area contributed by atoms with E-state index in [0.717, 1.165) is 15.9 Å². The Balaban J connectivity index is 1.40. The molecule has 1 atom stereocenters. The zero-order chi connectivity index (χ0) is 28.1. The van der Waals surface area contributed by atoms with Gasteiger partial charge in [0, 0.05) is 43.4 Å². The number of amides is 1. The predicted octanol–water partition coefficient (Wildman–Crippen LogP) is 2.47. The van der Waals surface area contributed by atoms with Crippen LogP contribution in [-0.2, 0) is 24.3 Å². The van der Waals surface area contributed by atoms with Crippen LogP contribution in [0.4, 0.5) is 14.6 Å².